The Labute approximate surface area is 193 Å². The fraction of sp³-hybridized carbons (Fsp3) is 0.682. The molecule has 0 radical (unpaired) electrons. The summed E-state index contributed by atoms with van der Waals surface area (Å²) in [5.74, 6) is 2.40. The standard InChI is InChI=1S/C22H37N3O3.HI/c1-18(2)17-28-21-8-5-7-19(15-21)16-24-22(23-3)25-11-9-20(10-12-25)27-14-6-13-26-4;/h5,7-8,15,18,20H,6,9-14,16-17H2,1-4H3,(H,23,24);1H. The van der Waals surface area contributed by atoms with E-state index in [1.807, 2.05) is 19.2 Å². The van der Waals surface area contributed by atoms with E-state index in [0.717, 1.165) is 70.4 Å². The van der Waals surface area contributed by atoms with Gasteiger partial charge < -0.3 is 24.4 Å². The van der Waals surface area contributed by atoms with Crippen LogP contribution in [0.5, 0.6) is 5.75 Å². The molecule has 7 heteroatoms. The summed E-state index contributed by atoms with van der Waals surface area (Å²) in [6, 6.07) is 8.27. The number of piperidine rings is 1. The SMILES string of the molecule is CN=C(NCc1cccc(OCC(C)C)c1)N1CCC(OCCCOC)CC1.I. The number of likely N-dealkylation sites (tertiary alicyclic amines) is 1. The molecule has 0 saturated carbocycles. The van der Waals surface area contributed by atoms with Gasteiger partial charge in [-0.3, -0.25) is 4.99 Å². The lowest BCUT2D eigenvalue weighted by molar-refractivity contribution is 0.00989. The van der Waals surface area contributed by atoms with Gasteiger partial charge in [-0.2, -0.15) is 0 Å². The molecule has 0 aliphatic carbocycles. The minimum absolute atomic E-state index is 0. The van der Waals surface area contributed by atoms with Gasteiger partial charge in [0.1, 0.15) is 5.75 Å². The van der Waals surface area contributed by atoms with E-state index in [-0.39, 0.29) is 24.0 Å². The zero-order valence-electron chi connectivity index (χ0n) is 18.4. The van der Waals surface area contributed by atoms with Gasteiger partial charge in [0.05, 0.1) is 12.7 Å². The Hall–Kier alpha value is -1.06. The average molecular weight is 519 g/mol. The van der Waals surface area contributed by atoms with Crippen LogP contribution in [-0.4, -0.2) is 64.0 Å². The molecule has 1 fully saturated rings. The quantitative estimate of drug-likeness (QED) is 0.220. The second-order valence-corrected chi connectivity index (χ2v) is 7.66. The molecule has 0 bridgehead atoms. The normalized spacial score (nSPS) is 15.3. The van der Waals surface area contributed by atoms with Crippen molar-refractivity contribution in [2.45, 2.75) is 45.8 Å². The van der Waals surface area contributed by atoms with Gasteiger partial charge in [-0.1, -0.05) is 26.0 Å². The van der Waals surface area contributed by atoms with Gasteiger partial charge in [0.2, 0.25) is 0 Å². The third kappa shape index (κ3) is 10.00. The molecule has 0 aromatic heterocycles. The van der Waals surface area contributed by atoms with E-state index in [0.29, 0.717) is 12.0 Å². The first-order chi connectivity index (χ1) is 13.6. The third-order valence-electron chi connectivity index (χ3n) is 4.73. The van der Waals surface area contributed by atoms with E-state index in [1.165, 1.54) is 5.56 Å². The van der Waals surface area contributed by atoms with Crippen molar-refractivity contribution in [3.63, 3.8) is 0 Å². The highest BCUT2D eigenvalue weighted by atomic mass is 127. The third-order valence-corrected chi connectivity index (χ3v) is 4.73. The molecule has 1 aromatic carbocycles. The van der Waals surface area contributed by atoms with E-state index < -0.39 is 0 Å². The van der Waals surface area contributed by atoms with E-state index in [1.54, 1.807) is 7.11 Å². The molecular formula is C22H38IN3O3. The van der Waals surface area contributed by atoms with Crippen LogP contribution in [-0.2, 0) is 16.0 Å². The maximum absolute atomic E-state index is 5.95. The average Bonchev–Trinajstić information content (AvgIpc) is 2.71. The summed E-state index contributed by atoms with van der Waals surface area (Å²) in [4.78, 5) is 6.78. The molecule has 29 heavy (non-hydrogen) atoms. The Morgan fingerprint density at radius 1 is 1.24 bits per heavy atom. The molecular weight excluding hydrogens is 481 g/mol. The number of aliphatic imine (C=N–C) groups is 1. The van der Waals surface area contributed by atoms with Gasteiger partial charge in [0, 0.05) is 47.0 Å². The Balaban J connectivity index is 0.00000420. The number of hydrogen-bond donors (Lipinski definition) is 1. The molecule has 1 aliphatic heterocycles. The maximum atomic E-state index is 5.95. The molecule has 1 heterocycles. The Bertz CT molecular complexity index is 590. The van der Waals surface area contributed by atoms with E-state index in [9.17, 15) is 0 Å². The molecule has 1 N–H and O–H groups in total. The van der Waals surface area contributed by atoms with Crippen LogP contribution in [0.4, 0.5) is 0 Å². The summed E-state index contributed by atoms with van der Waals surface area (Å²) in [5, 5.41) is 3.49. The first kappa shape index (κ1) is 26.0. The number of rotatable bonds is 10. The largest absolute Gasteiger partial charge is 0.493 e. The van der Waals surface area contributed by atoms with Crippen molar-refractivity contribution in [3.8, 4) is 5.75 Å². The van der Waals surface area contributed by atoms with Crippen molar-refractivity contribution in [1.82, 2.24) is 10.2 Å². The molecule has 0 unspecified atom stereocenters. The summed E-state index contributed by atoms with van der Waals surface area (Å²) in [7, 11) is 3.57. The Morgan fingerprint density at radius 3 is 2.66 bits per heavy atom. The summed E-state index contributed by atoms with van der Waals surface area (Å²) in [6.07, 6.45) is 3.37. The summed E-state index contributed by atoms with van der Waals surface area (Å²) in [6.45, 7) is 9.25. The Kier molecular flexibility index (Phi) is 13.3. The predicted molar refractivity (Wildman–Crippen MR) is 129 cm³/mol. The first-order valence-corrected chi connectivity index (χ1v) is 10.4. The zero-order chi connectivity index (χ0) is 20.2. The highest BCUT2D eigenvalue weighted by Gasteiger charge is 2.21. The molecule has 1 saturated heterocycles. The lowest BCUT2D eigenvalue weighted by Gasteiger charge is -2.34. The number of benzene rings is 1. The Morgan fingerprint density at radius 2 is 2.00 bits per heavy atom. The van der Waals surface area contributed by atoms with Crippen LogP contribution in [0.2, 0.25) is 0 Å². The fourth-order valence-electron chi connectivity index (χ4n) is 3.21. The topological polar surface area (TPSA) is 55.3 Å². The fourth-order valence-corrected chi connectivity index (χ4v) is 3.21. The van der Waals surface area contributed by atoms with Gasteiger partial charge in [-0.05, 0) is 42.9 Å². The van der Waals surface area contributed by atoms with Crippen molar-refractivity contribution in [1.29, 1.82) is 0 Å². The van der Waals surface area contributed by atoms with E-state index >= 15 is 0 Å². The number of halogens is 1. The van der Waals surface area contributed by atoms with Crippen LogP contribution >= 0.6 is 24.0 Å². The minimum atomic E-state index is 0. The molecule has 1 aliphatic rings. The summed E-state index contributed by atoms with van der Waals surface area (Å²) in [5.41, 5.74) is 1.19. The molecule has 6 nitrogen and oxygen atoms in total. The summed E-state index contributed by atoms with van der Waals surface area (Å²) >= 11 is 0. The smallest absolute Gasteiger partial charge is 0.193 e. The van der Waals surface area contributed by atoms with Gasteiger partial charge in [0.25, 0.3) is 0 Å². The zero-order valence-corrected chi connectivity index (χ0v) is 20.7. The van der Waals surface area contributed by atoms with E-state index in [2.05, 4.69) is 41.2 Å². The van der Waals surface area contributed by atoms with Crippen LogP contribution in [0, 0.1) is 5.92 Å². The van der Waals surface area contributed by atoms with Crippen molar-refractivity contribution in [3.05, 3.63) is 29.8 Å². The maximum Gasteiger partial charge on any atom is 0.193 e. The van der Waals surface area contributed by atoms with Crippen LogP contribution in [0.15, 0.2) is 29.3 Å². The lowest BCUT2D eigenvalue weighted by Crippen LogP contribution is -2.46. The van der Waals surface area contributed by atoms with Crippen LogP contribution < -0.4 is 10.1 Å². The van der Waals surface area contributed by atoms with Crippen molar-refractivity contribution >= 4 is 29.9 Å². The van der Waals surface area contributed by atoms with Crippen LogP contribution in [0.1, 0.15) is 38.7 Å². The predicted octanol–water partition coefficient (Wildman–Crippen LogP) is 3.93. The van der Waals surface area contributed by atoms with Crippen molar-refractivity contribution in [2.75, 3.05) is 47.1 Å². The van der Waals surface area contributed by atoms with E-state index in [4.69, 9.17) is 14.2 Å². The molecule has 166 valence electrons. The number of guanidine groups is 1. The molecule has 1 aromatic rings. The molecule has 0 atom stereocenters. The second kappa shape index (κ2) is 14.8. The molecule has 2 rings (SSSR count). The van der Waals surface area contributed by atoms with Crippen molar-refractivity contribution < 1.29 is 14.2 Å². The number of ether oxygens (including phenoxy) is 3. The minimum Gasteiger partial charge on any atom is -0.493 e. The van der Waals surface area contributed by atoms with Gasteiger partial charge >= 0.3 is 0 Å². The molecule has 0 spiro atoms. The van der Waals surface area contributed by atoms with Crippen LogP contribution in [0.3, 0.4) is 0 Å². The monoisotopic (exact) mass is 519 g/mol. The second-order valence-electron chi connectivity index (χ2n) is 7.66. The number of hydrogen-bond acceptors (Lipinski definition) is 4. The number of methoxy groups -OCH3 is 1. The van der Waals surface area contributed by atoms with Gasteiger partial charge in [-0.15, -0.1) is 24.0 Å². The summed E-state index contributed by atoms with van der Waals surface area (Å²) < 4.78 is 16.8. The highest BCUT2D eigenvalue weighted by Crippen LogP contribution is 2.16. The van der Waals surface area contributed by atoms with Crippen LogP contribution in [0.25, 0.3) is 0 Å². The van der Waals surface area contributed by atoms with Gasteiger partial charge in [0.15, 0.2) is 5.96 Å². The lowest BCUT2D eigenvalue weighted by atomic mass is 10.1. The number of nitrogens with zero attached hydrogens (tertiary/aromatic N) is 2. The molecule has 0 amide bonds. The number of nitrogens with one attached hydrogen (secondary N) is 1. The first-order valence-electron chi connectivity index (χ1n) is 10.4. The van der Waals surface area contributed by atoms with Gasteiger partial charge in [-0.25, -0.2) is 0 Å². The highest BCUT2D eigenvalue weighted by molar-refractivity contribution is 14.0. The van der Waals surface area contributed by atoms with Crippen molar-refractivity contribution in [2.24, 2.45) is 10.9 Å².